The number of hydrogen-bond acceptors (Lipinski definition) is 4. The maximum absolute atomic E-state index is 14.1. The molecule has 0 aliphatic carbocycles. The summed E-state index contributed by atoms with van der Waals surface area (Å²) in [6.45, 7) is 3.65. The van der Waals surface area contributed by atoms with E-state index >= 15 is 0 Å². The second kappa shape index (κ2) is 7.27. The van der Waals surface area contributed by atoms with Gasteiger partial charge in [0.05, 0.1) is 11.5 Å². The average Bonchev–Trinajstić information content (AvgIpc) is 2.86. The van der Waals surface area contributed by atoms with E-state index in [1.165, 1.54) is 24.5 Å². The number of nitrogens with one attached hydrogen (secondary N) is 1. The van der Waals surface area contributed by atoms with Crippen molar-refractivity contribution in [2.45, 2.75) is 38.8 Å². The summed E-state index contributed by atoms with van der Waals surface area (Å²) in [5.41, 5.74) is -0.170. The fraction of sp³-hybridized carbons (Fsp3) is 0.412. The molecule has 0 radical (unpaired) electrons. The highest BCUT2D eigenvalue weighted by Gasteiger charge is 2.26. The van der Waals surface area contributed by atoms with E-state index in [1.807, 2.05) is 0 Å². The number of methoxy groups -OCH3 is 1. The molecular formula is C17H20FNO4S. The Morgan fingerprint density at radius 1 is 1.38 bits per heavy atom. The Labute approximate surface area is 143 Å². The molecule has 0 atom stereocenters. The Hall–Kier alpha value is -1.99. The Balaban J connectivity index is 2.33. The Bertz CT molecular complexity index is 769. The van der Waals surface area contributed by atoms with Crippen molar-refractivity contribution in [3.05, 3.63) is 34.5 Å². The predicted molar refractivity (Wildman–Crippen MR) is 90.9 cm³/mol. The van der Waals surface area contributed by atoms with Gasteiger partial charge in [-0.15, -0.1) is 11.3 Å². The van der Waals surface area contributed by atoms with Crippen LogP contribution in [0.5, 0.6) is 0 Å². The van der Waals surface area contributed by atoms with Gasteiger partial charge in [-0.25, -0.2) is 4.39 Å². The van der Waals surface area contributed by atoms with Crippen LogP contribution >= 0.6 is 11.3 Å². The Kier molecular flexibility index (Phi) is 5.56. The molecule has 1 amide bonds. The first-order valence-corrected chi connectivity index (χ1v) is 8.30. The number of carboxylic acid groups (broad SMARTS) is 1. The van der Waals surface area contributed by atoms with Crippen molar-refractivity contribution >= 4 is 33.3 Å². The van der Waals surface area contributed by atoms with E-state index in [2.05, 4.69) is 5.32 Å². The van der Waals surface area contributed by atoms with Gasteiger partial charge in [0.15, 0.2) is 0 Å². The lowest BCUT2D eigenvalue weighted by Crippen LogP contribution is -2.43. The number of amides is 1. The molecule has 1 aromatic carbocycles. The molecule has 0 spiro atoms. The molecule has 2 N–H and O–H groups in total. The lowest BCUT2D eigenvalue weighted by Gasteiger charge is -2.25. The third-order valence-electron chi connectivity index (χ3n) is 3.67. The maximum Gasteiger partial charge on any atom is 0.303 e. The van der Waals surface area contributed by atoms with Gasteiger partial charge in [-0.05, 0) is 32.4 Å². The molecule has 1 aromatic heterocycles. The molecule has 24 heavy (non-hydrogen) atoms. The van der Waals surface area contributed by atoms with Crippen LogP contribution in [0.4, 0.5) is 4.39 Å². The smallest absolute Gasteiger partial charge is 0.303 e. The Morgan fingerprint density at radius 2 is 2.08 bits per heavy atom. The largest absolute Gasteiger partial charge is 0.481 e. The van der Waals surface area contributed by atoms with Crippen molar-refractivity contribution in [2.24, 2.45) is 0 Å². The zero-order chi connectivity index (χ0) is 17.9. The van der Waals surface area contributed by atoms with E-state index in [0.29, 0.717) is 26.9 Å². The molecule has 5 nitrogen and oxygen atoms in total. The summed E-state index contributed by atoms with van der Waals surface area (Å²) >= 11 is 1.20. The number of hydrogen-bond donors (Lipinski definition) is 2. The van der Waals surface area contributed by atoms with Crippen molar-refractivity contribution in [2.75, 3.05) is 7.11 Å². The first kappa shape index (κ1) is 18.4. The number of carbonyl (C=O) groups is 2. The average molecular weight is 353 g/mol. The van der Waals surface area contributed by atoms with Gasteiger partial charge in [0.2, 0.25) is 0 Å². The van der Waals surface area contributed by atoms with Crippen LogP contribution in [-0.2, 0) is 16.1 Å². The number of halogens is 1. The fourth-order valence-corrected chi connectivity index (χ4v) is 3.60. The summed E-state index contributed by atoms with van der Waals surface area (Å²) in [6.07, 6.45) is 0.256. The summed E-state index contributed by atoms with van der Waals surface area (Å²) in [5.74, 6) is -1.65. The first-order chi connectivity index (χ1) is 11.2. The van der Waals surface area contributed by atoms with Crippen LogP contribution in [0.3, 0.4) is 0 Å². The number of carbonyl (C=O) groups excluding carboxylic acids is 1. The van der Waals surface area contributed by atoms with E-state index in [-0.39, 0.29) is 24.8 Å². The summed E-state index contributed by atoms with van der Waals surface area (Å²) in [7, 11) is 1.49. The summed E-state index contributed by atoms with van der Waals surface area (Å²) < 4.78 is 20.0. The van der Waals surface area contributed by atoms with E-state index in [0.717, 1.165) is 0 Å². The highest BCUT2D eigenvalue weighted by molar-refractivity contribution is 7.21. The van der Waals surface area contributed by atoms with Crippen molar-refractivity contribution in [3.8, 4) is 0 Å². The zero-order valence-corrected chi connectivity index (χ0v) is 14.6. The topological polar surface area (TPSA) is 75.6 Å². The molecule has 0 aliphatic heterocycles. The predicted octanol–water partition coefficient (Wildman–Crippen LogP) is 3.56. The van der Waals surface area contributed by atoms with Crippen LogP contribution in [0.15, 0.2) is 18.2 Å². The van der Waals surface area contributed by atoms with Crippen LogP contribution in [-0.4, -0.2) is 29.6 Å². The summed E-state index contributed by atoms with van der Waals surface area (Å²) in [5, 5.41) is 12.0. The van der Waals surface area contributed by atoms with Gasteiger partial charge in [0.25, 0.3) is 5.91 Å². The van der Waals surface area contributed by atoms with Crippen LogP contribution in [0.25, 0.3) is 10.1 Å². The minimum absolute atomic E-state index is 0.0424. The third-order valence-corrected chi connectivity index (χ3v) is 4.87. The molecule has 2 aromatic rings. The molecule has 0 aliphatic rings. The molecule has 0 unspecified atom stereocenters. The quantitative estimate of drug-likeness (QED) is 0.798. The van der Waals surface area contributed by atoms with E-state index in [4.69, 9.17) is 9.84 Å². The minimum atomic E-state index is -0.915. The van der Waals surface area contributed by atoms with Crippen molar-refractivity contribution in [3.63, 3.8) is 0 Å². The van der Waals surface area contributed by atoms with E-state index in [1.54, 1.807) is 26.0 Å². The second-order valence-electron chi connectivity index (χ2n) is 6.19. The van der Waals surface area contributed by atoms with Gasteiger partial charge in [-0.3, -0.25) is 9.59 Å². The first-order valence-electron chi connectivity index (χ1n) is 7.48. The number of aliphatic carboxylic acids is 1. The lowest BCUT2D eigenvalue weighted by atomic mass is 9.98. The van der Waals surface area contributed by atoms with Gasteiger partial charge >= 0.3 is 5.97 Å². The van der Waals surface area contributed by atoms with Crippen molar-refractivity contribution in [1.29, 1.82) is 0 Å². The summed E-state index contributed by atoms with van der Waals surface area (Å²) in [6, 6.07) is 4.71. The highest BCUT2D eigenvalue weighted by Crippen LogP contribution is 2.34. The molecule has 130 valence electrons. The molecule has 0 bridgehead atoms. The van der Waals surface area contributed by atoms with Crippen LogP contribution in [0.1, 0.15) is 41.9 Å². The number of benzene rings is 1. The molecule has 2 rings (SSSR count). The number of carboxylic acids is 1. The van der Waals surface area contributed by atoms with Crippen molar-refractivity contribution in [1.82, 2.24) is 5.32 Å². The number of thiophene rings is 1. The normalized spacial score (nSPS) is 11.7. The van der Waals surface area contributed by atoms with Crippen LogP contribution in [0.2, 0.25) is 0 Å². The van der Waals surface area contributed by atoms with Crippen LogP contribution < -0.4 is 5.32 Å². The molecule has 1 heterocycles. The molecular weight excluding hydrogens is 333 g/mol. The monoisotopic (exact) mass is 353 g/mol. The number of fused-ring (bicyclic) bond motifs is 1. The maximum atomic E-state index is 14.1. The lowest BCUT2D eigenvalue weighted by molar-refractivity contribution is -0.137. The van der Waals surface area contributed by atoms with Gasteiger partial charge in [-0.2, -0.15) is 0 Å². The molecule has 0 fully saturated rings. The minimum Gasteiger partial charge on any atom is -0.481 e. The summed E-state index contributed by atoms with van der Waals surface area (Å²) in [4.78, 5) is 23.8. The Morgan fingerprint density at radius 3 is 2.71 bits per heavy atom. The third kappa shape index (κ3) is 4.10. The standard InChI is InChI=1S/C17H20FNO4S/c1-17(2,8-7-13(20)21)19-16(22)15-10(9-23-3)14-11(18)5-4-6-12(14)24-15/h4-6H,7-9H2,1-3H3,(H,19,22)(H,20,21). The van der Waals surface area contributed by atoms with Gasteiger partial charge in [0.1, 0.15) is 5.82 Å². The molecule has 7 heteroatoms. The zero-order valence-electron chi connectivity index (χ0n) is 13.8. The number of ether oxygens (including phenoxy) is 1. The second-order valence-corrected chi connectivity index (χ2v) is 7.24. The SMILES string of the molecule is COCc1c(C(=O)NC(C)(C)CCC(=O)O)sc2cccc(F)c12. The van der Waals surface area contributed by atoms with Gasteiger partial charge in [-0.1, -0.05) is 6.07 Å². The molecule has 0 saturated carbocycles. The van der Waals surface area contributed by atoms with Crippen LogP contribution in [0, 0.1) is 5.82 Å². The van der Waals surface area contributed by atoms with E-state index in [9.17, 15) is 14.0 Å². The fourth-order valence-electron chi connectivity index (χ4n) is 2.48. The van der Waals surface area contributed by atoms with E-state index < -0.39 is 11.5 Å². The van der Waals surface area contributed by atoms with Crippen molar-refractivity contribution < 1.29 is 23.8 Å². The van der Waals surface area contributed by atoms with Gasteiger partial charge in [0, 0.05) is 34.7 Å². The molecule has 0 saturated heterocycles. The number of rotatable bonds is 7. The van der Waals surface area contributed by atoms with Gasteiger partial charge < -0.3 is 15.2 Å². The highest BCUT2D eigenvalue weighted by atomic mass is 32.1.